The Labute approximate surface area is 237 Å². The topological polar surface area (TPSA) is 101 Å². The summed E-state index contributed by atoms with van der Waals surface area (Å²) in [7, 11) is -1.28. The van der Waals surface area contributed by atoms with Crippen molar-refractivity contribution in [3.05, 3.63) is 86.7 Å². The molecule has 0 radical (unpaired) electrons. The molecule has 1 aromatic heterocycles. The van der Waals surface area contributed by atoms with Crippen molar-refractivity contribution in [2.75, 3.05) is 18.6 Å². The van der Waals surface area contributed by atoms with Gasteiger partial charge in [-0.2, -0.15) is 0 Å². The first-order valence-corrected chi connectivity index (χ1v) is 16.8. The number of halogens is 1. The quantitative estimate of drug-likeness (QED) is 0.385. The van der Waals surface area contributed by atoms with Gasteiger partial charge in [0.05, 0.1) is 25.4 Å². The Morgan fingerprint density at radius 3 is 2.49 bits per heavy atom. The zero-order chi connectivity index (χ0) is 28.1. The minimum absolute atomic E-state index is 0.0829. The Morgan fingerprint density at radius 1 is 1.13 bits per heavy atom. The van der Waals surface area contributed by atoms with Crippen molar-refractivity contribution in [3.63, 3.8) is 0 Å². The number of ether oxygens (including phenoxy) is 2. The molecule has 2 N–H and O–H groups in total. The smallest absolute Gasteiger partial charge is 0.297 e. The van der Waals surface area contributed by atoms with E-state index in [-0.39, 0.29) is 35.3 Å². The highest BCUT2D eigenvalue weighted by Crippen LogP contribution is 2.60. The van der Waals surface area contributed by atoms with Gasteiger partial charge in [-0.15, -0.1) is 0 Å². The molecule has 1 fully saturated rings. The van der Waals surface area contributed by atoms with E-state index < -0.39 is 20.0 Å². The van der Waals surface area contributed by atoms with Crippen LogP contribution in [0.2, 0.25) is 18.6 Å². The van der Waals surface area contributed by atoms with Crippen LogP contribution in [0.1, 0.15) is 24.5 Å². The second-order valence-corrected chi connectivity index (χ2v) is 15.7. The molecule has 206 valence electrons. The predicted octanol–water partition coefficient (Wildman–Crippen LogP) is 4.34. The number of hydrogen-bond donors (Lipinski definition) is 2. The molecule has 0 bridgehead atoms. The summed E-state index contributed by atoms with van der Waals surface area (Å²) in [6, 6.07) is 16.6. The highest BCUT2D eigenvalue weighted by molar-refractivity contribution is 9.10. The standard InChI is InChI=1S/C29H33BrN2O6Si/c1-18-26(39(3,4)36)24(13-15-33)38-29(18)22-16-20(30)9-12-23(22)32(28(29)35)17-19-7-10-21(11-8-19)31-14-5-6-25(37-2)27(31)34/h5-12,14,16,18,24,26,33,36H,13,15,17H2,1-4H3/t18-,24+,26-,29+/m0/s1. The van der Waals surface area contributed by atoms with E-state index in [2.05, 4.69) is 15.9 Å². The molecule has 39 heavy (non-hydrogen) atoms. The van der Waals surface area contributed by atoms with Gasteiger partial charge in [0, 0.05) is 40.0 Å². The Morgan fingerprint density at radius 2 is 1.85 bits per heavy atom. The summed E-state index contributed by atoms with van der Waals surface area (Å²) in [5, 5.41) is 9.75. The molecular weight excluding hydrogens is 580 g/mol. The molecule has 2 aliphatic rings. The number of rotatable bonds is 7. The van der Waals surface area contributed by atoms with Crippen molar-refractivity contribution in [1.29, 1.82) is 0 Å². The number of fused-ring (bicyclic) bond motifs is 2. The van der Waals surface area contributed by atoms with Crippen LogP contribution in [-0.2, 0) is 21.7 Å². The average molecular weight is 614 g/mol. The molecule has 3 aromatic rings. The predicted molar refractivity (Wildman–Crippen MR) is 155 cm³/mol. The molecule has 0 aliphatic carbocycles. The second kappa shape index (κ2) is 10.3. The minimum atomic E-state index is -2.75. The van der Waals surface area contributed by atoms with Crippen LogP contribution in [0.5, 0.6) is 5.75 Å². The lowest BCUT2D eigenvalue weighted by molar-refractivity contribution is -0.146. The number of pyridine rings is 1. The van der Waals surface area contributed by atoms with Crippen LogP contribution < -0.4 is 15.2 Å². The summed E-state index contributed by atoms with van der Waals surface area (Å²) in [4.78, 5) is 39.9. The number of carbonyl (C=O) groups is 1. The number of methoxy groups -OCH3 is 1. The summed E-state index contributed by atoms with van der Waals surface area (Å²) in [6.45, 7) is 5.96. The highest BCUT2D eigenvalue weighted by atomic mass is 79.9. The molecule has 10 heteroatoms. The highest BCUT2D eigenvalue weighted by Gasteiger charge is 2.66. The Bertz CT molecular complexity index is 1450. The normalized spacial score (nSPS) is 24.4. The number of amides is 1. The number of anilines is 1. The van der Waals surface area contributed by atoms with Crippen LogP contribution in [0.25, 0.3) is 5.69 Å². The van der Waals surface area contributed by atoms with Crippen molar-refractivity contribution in [2.45, 2.75) is 50.2 Å². The molecule has 1 spiro atoms. The second-order valence-electron chi connectivity index (χ2n) is 10.8. The third-order valence-corrected chi connectivity index (χ3v) is 11.0. The van der Waals surface area contributed by atoms with Crippen LogP contribution in [0.15, 0.2) is 70.1 Å². The maximum absolute atomic E-state index is 14.3. The lowest BCUT2D eigenvalue weighted by atomic mass is 9.82. The molecule has 8 nitrogen and oxygen atoms in total. The molecule has 1 saturated heterocycles. The van der Waals surface area contributed by atoms with E-state index in [9.17, 15) is 19.5 Å². The molecule has 4 atom stereocenters. The summed E-state index contributed by atoms with van der Waals surface area (Å²) in [5.41, 5.74) is 1.40. The van der Waals surface area contributed by atoms with Crippen LogP contribution >= 0.6 is 15.9 Å². The molecular formula is C29H33BrN2O6Si. The summed E-state index contributed by atoms with van der Waals surface area (Å²) in [5.74, 6) is -0.191. The van der Waals surface area contributed by atoms with E-state index in [1.807, 2.05) is 62.5 Å². The Hall–Kier alpha value is -2.76. The lowest BCUT2D eigenvalue weighted by Crippen LogP contribution is -2.46. The van der Waals surface area contributed by atoms with Crippen molar-refractivity contribution in [2.24, 2.45) is 5.92 Å². The Kier molecular flexibility index (Phi) is 7.36. The summed E-state index contributed by atoms with van der Waals surface area (Å²) in [6.07, 6.45) is 1.62. The van der Waals surface area contributed by atoms with Crippen molar-refractivity contribution in [3.8, 4) is 11.4 Å². The third-order valence-electron chi connectivity index (χ3n) is 8.05. The average Bonchev–Trinajstić information content (AvgIpc) is 3.31. The molecule has 5 rings (SSSR count). The van der Waals surface area contributed by atoms with Gasteiger partial charge in [-0.05, 0) is 67.5 Å². The van der Waals surface area contributed by atoms with Gasteiger partial charge in [-0.3, -0.25) is 14.2 Å². The number of hydrogen-bond acceptors (Lipinski definition) is 6. The Balaban J connectivity index is 1.51. The third kappa shape index (κ3) is 4.58. The van der Waals surface area contributed by atoms with Gasteiger partial charge in [-0.1, -0.05) is 35.0 Å². The van der Waals surface area contributed by atoms with Crippen LogP contribution in [-0.4, -0.2) is 48.5 Å². The first-order valence-electron chi connectivity index (χ1n) is 13.0. The van der Waals surface area contributed by atoms with E-state index in [0.717, 1.165) is 21.3 Å². The number of aliphatic hydroxyl groups excluding tert-OH is 1. The monoisotopic (exact) mass is 612 g/mol. The maximum Gasteiger partial charge on any atom is 0.297 e. The largest absolute Gasteiger partial charge is 0.491 e. The van der Waals surface area contributed by atoms with Gasteiger partial charge in [0.1, 0.15) is 0 Å². The molecule has 1 amide bonds. The van der Waals surface area contributed by atoms with E-state index in [1.165, 1.54) is 11.7 Å². The van der Waals surface area contributed by atoms with E-state index in [1.54, 1.807) is 23.2 Å². The molecule has 2 aromatic carbocycles. The van der Waals surface area contributed by atoms with Gasteiger partial charge in [-0.25, -0.2) is 0 Å². The number of carbonyl (C=O) groups excluding carboxylic acids is 1. The summed E-state index contributed by atoms with van der Waals surface area (Å²) >= 11 is 3.57. The van der Waals surface area contributed by atoms with Gasteiger partial charge in [0.2, 0.25) is 0 Å². The number of aliphatic hydroxyl groups is 1. The zero-order valence-electron chi connectivity index (χ0n) is 22.4. The van der Waals surface area contributed by atoms with Crippen LogP contribution in [0.4, 0.5) is 5.69 Å². The maximum atomic E-state index is 14.3. The van der Waals surface area contributed by atoms with Crippen molar-refractivity contribution >= 4 is 35.8 Å². The SMILES string of the molecule is COc1cccn(-c2ccc(CN3C(=O)[C@]4(O[C@H](CCO)[C@@H]([Si](C)(C)O)[C@@H]4C)c4cc(Br)ccc43)cc2)c1=O. The van der Waals surface area contributed by atoms with Gasteiger partial charge in [0.15, 0.2) is 19.7 Å². The zero-order valence-corrected chi connectivity index (χ0v) is 25.0. The fraction of sp³-hybridized carbons (Fsp3) is 0.379. The lowest BCUT2D eigenvalue weighted by Gasteiger charge is -2.32. The summed E-state index contributed by atoms with van der Waals surface area (Å²) < 4.78 is 14.1. The van der Waals surface area contributed by atoms with Crippen molar-refractivity contribution < 1.29 is 24.2 Å². The fourth-order valence-electron chi connectivity index (χ4n) is 6.38. The van der Waals surface area contributed by atoms with E-state index in [4.69, 9.17) is 9.47 Å². The molecule has 0 unspecified atom stereocenters. The molecule has 3 heterocycles. The van der Waals surface area contributed by atoms with Gasteiger partial charge >= 0.3 is 0 Å². The van der Waals surface area contributed by atoms with E-state index in [0.29, 0.717) is 18.7 Å². The number of nitrogens with zero attached hydrogens (tertiary/aromatic N) is 2. The molecule has 0 saturated carbocycles. The number of aromatic nitrogens is 1. The van der Waals surface area contributed by atoms with Gasteiger partial charge < -0.3 is 24.3 Å². The number of benzene rings is 2. The molecule has 2 aliphatic heterocycles. The van der Waals surface area contributed by atoms with E-state index >= 15 is 0 Å². The first kappa shape index (κ1) is 27.8. The van der Waals surface area contributed by atoms with Crippen LogP contribution in [0.3, 0.4) is 0 Å². The van der Waals surface area contributed by atoms with Crippen LogP contribution in [0, 0.1) is 5.92 Å². The minimum Gasteiger partial charge on any atom is -0.491 e. The fourth-order valence-corrected chi connectivity index (χ4v) is 9.35. The first-order chi connectivity index (χ1) is 18.5. The van der Waals surface area contributed by atoms with Gasteiger partial charge in [0.25, 0.3) is 11.5 Å². The van der Waals surface area contributed by atoms with Crippen molar-refractivity contribution in [1.82, 2.24) is 4.57 Å².